The molecule has 4 rings (SSSR count). The second-order valence-electron chi connectivity index (χ2n) is 4.33. The summed E-state index contributed by atoms with van der Waals surface area (Å²) in [5.74, 6) is 0.696. The maximum atomic E-state index is 12.1. The summed E-state index contributed by atoms with van der Waals surface area (Å²) < 4.78 is 1.86. The first-order valence-electron chi connectivity index (χ1n) is 5.80. The van der Waals surface area contributed by atoms with Crippen LogP contribution in [0.4, 0.5) is 0 Å². The first-order valence-corrected chi connectivity index (χ1v) is 5.80. The van der Waals surface area contributed by atoms with Gasteiger partial charge < -0.3 is 0 Å². The number of imidazole rings is 1. The van der Waals surface area contributed by atoms with Crippen LogP contribution in [0.5, 0.6) is 0 Å². The number of aromatic nitrogens is 3. The summed E-state index contributed by atoms with van der Waals surface area (Å²) >= 11 is 0. The monoisotopic (exact) mass is 235 g/mol. The topological polar surface area (TPSA) is 47.3 Å². The van der Waals surface area contributed by atoms with Crippen molar-refractivity contribution in [2.45, 2.75) is 6.42 Å². The minimum absolute atomic E-state index is 0.114. The van der Waals surface area contributed by atoms with Gasteiger partial charge >= 0.3 is 0 Å². The van der Waals surface area contributed by atoms with Crippen LogP contribution in [0.1, 0.15) is 22.5 Å². The Bertz CT molecular complexity index is 830. The Morgan fingerprint density at radius 2 is 2.11 bits per heavy atom. The molecule has 1 aromatic carbocycles. The number of hydrogen-bond donors (Lipinski definition) is 0. The van der Waals surface area contributed by atoms with E-state index in [1.54, 1.807) is 6.20 Å². The van der Waals surface area contributed by atoms with Crippen LogP contribution in [0.25, 0.3) is 22.9 Å². The molecule has 0 unspecified atom stereocenters. The number of Topliss-reactive ketones (excluding diaryl/α,β-unsaturated/α-hetero) is 1. The average Bonchev–Trinajstić information content (AvgIpc) is 2.77. The van der Waals surface area contributed by atoms with E-state index >= 15 is 0 Å². The summed E-state index contributed by atoms with van der Waals surface area (Å²) in [6.07, 6.45) is 5.97. The minimum Gasteiger partial charge on any atom is -0.292 e. The molecular weight excluding hydrogens is 226 g/mol. The van der Waals surface area contributed by atoms with Crippen molar-refractivity contribution >= 4 is 28.7 Å². The van der Waals surface area contributed by atoms with E-state index in [2.05, 4.69) is 9.97 Å². The quantitative estimate of drug-likeness (QED) is 0.601. The lowest BCUT2D eigenvalue weighted by Gasteiger charge is -2.11. The van der Waals surface area contributed by atoms with Gasteiger partial charge in [-0.2, -0.15) is 0 Å². The lowest BCUT2D eigenvalue weighted by Crippen LogP contribution is -2.11. The largest absolute Gasteiger partial charge is 0.292 e. The van der Waals surface area contributed by atoms with E-state index in [1.807, 2.05) is 40.8 Å². The summed E-state index contributed by atoms with van der Waals surface area (Å²) in [5, 5.41) is 0. The first-order chi connectivity index (χ1) is 8.84. The number of carbonyl (C=O) groups excluding carboxylic acids is 1. The van der Waals surface area contributed by atoms with Gasteiger partial charge in [-0.05, 0) is 12.1 Å². The van der Waals surface area contributed by atoms with Crippen LogP contribution in [-0.2, 0) is 0 Å². The SMILES string of the molecule is O=C1CC=Cc2cnc3nc4ccccc4n3c21. The molecule has 0 saturated heterocycles. The van der Waals surface area contributed by atoms with Gasteiger partial charge in [0.1, 0.15) is 5.69 Å². The Balaban J connectivity index is 2.28. The Morgan fingerprint density at radius 3 is 3.06 bits per heavy atom. The van der Waals surface area contributed by atoms with E-state index in [0.717, 1.165) is 16.6 Å². The molecule has 2 heterocycles. The number of carbonyl (C=O) groups is 1. The molecule has 0 bridgehead atoms. The van der Waals surface area contributed by atoms with Crippen molar-refractivity contribution < 1.29 is 4.79 Å². The predicted molar refractivity (Wildman–Crippen MR) is 68.5 cm³/mol. The Labute approximate surface area is 103 Å². The molecule has 0 amide bonds. The normalized spacial score (nSPS) is 14.3. The lowest BCUT2D eigenvalue weighted by molar-refractivity contribution is 0.0988. The molecule has 3 aromatic rings. The standard InChI is InChI=1S/C14H9N3O/c18-12-7-3-4-9-8-15-14-16-10-5-1-2-6-11(10)17(14)13(9)12/h1-6,8H,7H2. The lowest BCUT2D eigenvalue weighted by atomic mass is 10.0. The van der Waals surface area contributed by atoms with Gasteiger partial charge in [0.15, 0.2) is 5.78 Å². The third kappa shape index (κ3) is 1.12. The molecule has 2 aromatic heterocycles. The fraction of sp³-hybridized carbons (Fsp3) is 0.0714. The highest BCUT2D eigenvalue weighted by atomic mass is 16.1. The number of hydrogen-bond acceptors (Lipinski definition) is 3. The zero-order valence-corrected chi connectivity index (χ0v) is 9.50. The van der Waals surface area contributed by atoms with Gasteiger partial charge in [-0.25, -0.2) is 9.97 Å². The third-order valence-corrected chi connectivity index (χ3v) is 3.22. The highest BCUT2D eigenvalue weighted by Gasteiger charge is 2.19. The maximum absolute atomic E-state index is 12.1. The smallest absolute Gasteiger partial charge is 0.235 e. The zero-order valence-electron chi connectivity index (χ0n) is 9.50. The van der Waals surface area contributed by atoms with Crippen molar-refractivity contribution in [1.29, 1.82) is 0 Å². The fourth-order valence-corrected chi connectivity index (χ4v) is 2.44. The van der Waals surface area contributed by atoms with Gasteiger partial charge in [-0.3, -0.25) is 9.20 Å². The molecule has 4 nitrogen and oxygen atoms in total. The second-order valence-corrected chi connectivity index (χ2v) is 4.33. The predicted octanol–water partition coefficient (Wildman–Crippen LogP) is 2.48. The zero-order chi connectivity index (χ0) is 12.1. The number of benzene rings is 1. The molecule has 0 aliphatic heterocycles. The van der Waals surface area contributed by atoms with E-state index in [4.69, 9.17) is 0 Å². The maximum Gasteiger partial charge on any atom is 0.235 e. The summed E-state index contributed by atoms with van der Waals surface area (Å²) in [5.41, 5.74) is 3.35. The van der Waals surface area contributed by atoms with E-state index in [0.29, 0.717) is 17.9 Å². The van der Waals surface area contributed by atoms with Crippen LogP contribution < -0.4 is 0 Å². The number of ketones is 1. The molecule has 18 heavy (non-hydrogen) atoms. The number of para-hydroxylation sites is 2. The molecule has 0 saturated carbocycles. The van der Waals surface area contributed by atoms with Gasteiger partial charge in [-0.15, -0.1) is 0 Å². The summed E-state index contributed by atoms with van der Waals surface area (Å²) in [6, 6.07) is 7.77. The van der Waals surface area contributed by atoms with Crippen molar-refractivity contribution in [3.8, 4) is 0 Å². The molecule has 4 heteroatoms. The molecule has 0 atom stereocenters. The first kappa shape index (κ1) is 9.53. The molecule has 1 aliphatic carbocycles. The van der Waals surface area contributed by atoms with Gasteiger partial charge in [0.05, 0.1) is 11.0 Å². The molecule has 86 valence electrons. The van der Waals surface area contributed by atoms with E-state index in [1.165, 1.54) is 0 Å². The van der Waals surface area contributed by atoms with Crippen molar-refractivity contribution in [1.82, 2.24) is 14.4 Å². The van der Waals surface area contributed by atoms with Crippen molar-refractivity contribution in [3.63, 3.8) is 0 Å². The van der Waals surface area contributed by atoms with Crippen molar-refractivity contribution in [2.75, 3.05) is 0 Å². The molecular formula is C14H9N3O. The van der Waals surface area contributed by atoms with E-state index in [-0.39, 0.29) is 5.78 Å². The highest BCUT2D eigenvalue weighted by Crippen LogP contribution is 2.23. The Hall–Kier alpha value is -2.49. The average molecular weight is 235 g/mol. The van der Waals surface area contributed by atoms with Crippen LogP contribution in [0, 0.1) is 0 Å². The summed E-state index contributed by atoms with van der Waals surface area (Å²) in [4.78, 5) is 20.9. The van der Waals surface area contributed by atoms with Crippen molar-refractivity contribution in [2.24, 2.45) is 0 Å². The van der Waals surface area contributed by atoms with Gasteiger partial charge in [0, 0.05) is 18.2 Å². The van der Waals surface area contributed by atoms with Crippen LogP contribution in [0.15, 0.2) is 36.5 Å². The summed E-state index contributed by atoms with van der Waals surface area (Å²) in [7, 11) is 0. The Morgan fingerprint density at radius 1 is 1.22 bits per heavy atom. The molecule has 0 N–H and O–H groups in total. The minimum atomic E-state index is 0.114. The molecule has 0 fully saturated rings. The number of allylic oxidation sites excluding steroid dienone is 1. The van der Waals surface area contributed by atoms with Crippen LogP contribution in [-0.4, -0.2) is 20.2 Å². The number of nitrogens with zero attached hydrogens (tertiary/aromatic N) is 3. The third-order valence-electron chi connectivity index (χ3n) is 3.22. The van der Waals surface area contributed by atoms with Gasteiger partial charge in [0.25, 0.3) is 0 Å². The Kier molecular flexibility index (Phi) is 1.73. The van der Waals surface area contributed by atoms with Crippen molar-refractivity contribution in [3.05, 3.63) is 47.8 Å². The fourth-order valence-electron chi connectivity index (χ4n) is 2.44. The van der Waals surface area contributed by atoms with Crippen LogP contribution in [0.3, 0.4) is 0 Å². The van der Waals surface area contributed by atoms with Crippen LogP contribution in [0.2, 0.25) is 0 Å². The molecule has 0 radical (unpaired) electrons. The number of fused-ring (bicyclic) bond motifs is 5. The van der Waals surface area contributed by atoms with E-state index < -0.39 is 0 Å². The highest BCUT2D eigenvalue weighted by molar-refractivity contribution is 6.03. The summed E-state index contributed by atoms with van der Waals surface area (Å²) in [6.45, 7) is 0. The van der Waals surface area contributed by atoms with Gasteiger partial charge in [-0.1, -0.05) is 24.3 Å². The molecule has 0 spiro atoms. The van der Waals surface area contributed by atoms with Gasteiger partial charge in [0.2, 0.25) is 5.78 Å². The molecule has 1 aliphatic rings. The second kappa shape index (κ2) is 3.26. The van der Waals surface area contributed by atoms with E-state index in [9.17, 15) is 4.79 Å². The number of rotatable bonds is 0. The van der Waals surface area contributed by atoms with Crippen LogP contribution >= 0.6 is 0 Å².